The Morgan fingerprint density at radius 2 is 1.48 bits per heavy atom. The molecule has 0 saturated heterocycles. The number of fused-ring (bicyclic) bond motifs is 7. The van der Waals surface area contributed by atoms with Gasteiger partial charge in [-0.1, -0.05) is 60.1 Å². The molecular weight excluding hydrogens is 408 g/mol. The molecule has 3 heteroatoms. The Morgan fingerprint density at radius 1 is 0.818 bits per heavy atom. The molecule has 5 aliphatic rings. The lowest BCUT2D eigenvalue weighted by Crippen LogP contribution is -2.69. The van der Waals surface area contributed by atoms with Crippen molar-refractivity contribution >= 4 is 5.78 Å². The summed E-state index contributed by atoms with van der Waals surface area (Å²) in [4.78, 5) is 14.3. The van der Waals surface area contributed by atoms with Crippen molar-refractivity contribution in [3.8, 4) is 0 Å². The molecule has 0 radical (unpaired) electrons. The molecule has 5 aliphatic carbocycles. The number of allylic oxidation sites excluding steroid dienone is 2. The van der Waals surface area contributed by atoms with E-state index in [1.54, 1.807) is 0 Å². The minimum Gasteiger partial charge on any atom is -0.393 e. The van der Waals surface area contributed by atoms with Gasteiger partial charge in [0.05, 0.1) is 11.5 Å². The fraction of sp³-hybridized carbons (Fsp3) is 0.900. The summed E-state index contributed by atoms with van der Waals surface area (Å²) in [5.74, 6) is 1.25. The van der Waals surface area contributed by atoms with E-state index in [1.165, 1.54) is 5.57 Å². The molecule has 0 bridgehead atoms. The van der Waals surface area contributed by atoms with E-state index >= 15 is 0 Å². The molecule has 2 N–H and O–H groups in total. The molecule has 3 nitrogen and oxygen atoms in total. The highest BCUT2D eigenvalue weighted by atomic mass is 16.3. The number of carbonyl (C=O) groups is 1. The molecule has 0 unspecified atom stereocenters. The SMILES string of the molecule is CC1(C)CC[C@]2(C)[C@@H](O)C(=O)[C@]3(C)C(=CC[C@@H]4[C@@]5(C)CC[C@H](O)C(C)(C)[C@@H]5CC[C@]43C)[C@@H]2C1. The second-order valence-electron chi connectivity index (χ2n) is 15.2. The minimum absolute atomic E-state index is 0.0940. The van der Waals surface area contributed by atoms with Crippen LogP contribution in [0.15, 0.2) is 11.6 Å². The van der Waals surface area contributed by atoms with Crippen LogP contribution in [-0.2, 0) is 4.79 Å². The summed E-state index contributed by atoms with van der Waals surface area (Å²) in [6.45, 7) is 18.5. The monoisotopic (exact) mass is 456 g/mol. The van der Waals surface area contributed by atoms with Gasteiger partial charge in [-0.05, 0) is 97.7 Å². The van der Waals surface area contributed by atoms with Gasteiger partial charge in [0.25, 0.3) is 0 Å². The van der Waals surface area contributed by atoms with Crippen LogP contribution in [-0.4, -0.2) is 28.2 Å². The highest BCUT2D eigenvalue weighted by Gasteiger charge is 2.72. The number of rotatable bonds is 0. The second-order valence-corrected chi connectivity index (χ2v) is 15.2. The molecular formula is C30H48O3. The first-order chi connectivity index (χ1) is 15.1. The summed E-state index contributed by atoms with van der Waals surface area (Å²) in [7, 11) is 0. The van der Waals surface area contributed by atoms with Gasteiger partial charge in [-0.15, -0.1) is 0 Å². The average Bonchev–Trinajstić information content (AvgIpc) is 2.72. The maximum absolute atomic E-state index is 14.3. The van der Waals surface area contributed by atoms with Crippen LogP contribution in [0.2, 0.25) is 0 Å². The van der Waals surface area contributed by atoms with Gasteiger partial charge in [0.1, 0.15) is 6.10 Å². The lowest BCUT2D eigenvalue weighted by molar-refractivity contribution is -0.210. The van der Waals surface area contributed by atoms with E-state index in [9.17, 15) is 15.0 Å². The quantitative estimate of drug-likeness (QED) is 0.419. The van der Waals surface area contributed by atoms with Gasteiger partial charge < -0.3 is 10.2 Å². The largest absolute Gasteiger partial charge is 0.393 e. The molecule has 9 atom stereocenters. The van der Waals surface area contributed by atoms with Crippen molar-refractivity contribution in [2.24, 2.45) is 50.2 Å². The first-order valence-electron chi connectivity index (χ1n) is 13.7. The van der Waals surface area contributed by atoms with Crippen molar-refractivity contribution in [3.05, 3.63) is 11.6 Å². The molecule has 0 aromatic carbocycles. The van der Waals surface area contributed by atoms with Crippen molar-refractivity contribution in [1.82, 2.24) is 0 Å². The molecule has 0 heterocycles. The number of aliphatic hydroxyl groups excluding tert-OH is 2. The number of carbonyl (C=O) groups excluding carboxylic acids is 1. The van der Waals surface area contributed by atoms with Crippen LogP contribution in [0.3, 0.4) is 0 Å². The molecule has 186 valence electrons. The summed E-state index contributed by atoms with van der Waals surface area (Å²) in [5, 5.41) is 22.5. The minimum atomic E-state index is -0.869. The highest BCUT2D eigenvalue weighted by molar-refractivity contribution is 5.95. The fourth-order valence-corrected chi connectivity index (χ4v) is 10.4. The maximum Gasteiger partial charge on any atom is 0.172 e. The zero-order valence-electron chi connectivity index (χ0n) is 22.4. The Labute approximate surface area is 201 Å². The Kier molecular flexibility index (Phi) is 4.92. The third-order valence-electron chi connectivity index (χ3n) is 13.0. The van der Waals surface area contributed by atoms with Crippen molar-refractivity contribution in [2.75, 3.05) is 0 Å². The first-order valence-corrected chi connectivity index (χ1v) is 13.7. The van der Waals surface area contributed by atoms with Crippen molar-refractivity contribution in [1.29, 1.82) is 0 Å². The first kappa shape index (κ1) is 24.0. The molecule has 0 spiro atoms. The van der Waals surface area contributed by atoms with Crippen LogP contribution in [0.5, 0.6) is 0 Å². The normalized spacial score (nSPS) is 54.9. The van der Waals surface area contributed by atoms with Crippen LogP contribution in [0.1, 0.15) is 107 Å². The summed E-state index contributed by atoms with van der Waals surface area (Å²) in [6, 6.07) is 0. The Balaban J connectivity index is 1.65. The van der Waals surface area contributed by atoms with E-state index in [2.05, 4.69) is 61.5 Å². The predicted octanol–water partition coefficient (Wildman–Crippen LogP) is 6.32. The van der Waals surface area contributed by atoms with E-state index in [0.29, 0.717) is 11.8 Å². The number of Topliss-reactive ketones (excluding diaryl/α,β-unsaturated/α-hetero) is 1. The molecule has 33 heavy (non-hydrogen) atoms. The van der Waals surface area contributed by atoms with Gasteiger partial charge in [-0.25, -0.2) is 0 Å². The predicted molar refractivity (Wildman–Crippen MR) is 132 cm³/mol. The lowest BCUT2D eigenvalue weighted by atomic mass is 9.33. The van der Waals surface area contributed by atoms with E-state index in [-0.39, 0.29) is 44.9 Å². The van der Waals surface area contributed by atoms with E-state index in [0.717, 1.165) is 51.4 Å². The van der Waals surface area contributed by atoms with Gasteiger partial charge in [-0.3, -0.25) is 4.79 Å². The maximum atomic E-state index is 14.3. The summed E-state index contributed by atoms with van der Waals surface area (Å²) < 4.78 is 0. The zero-order valence-corrected chi connectivity index (χ0v) is 22.4. The third-order valence-corrected chi connectivity index (χ3v) is 13.0. The molecule has 0 aliphatic heterocycles. The molecule has 4 fully saturated rings. The van der Waals surface area contributed by atoms with Crippen LogP contribution in [0.25, 0.3) is 0 Å². The Morgan fingerprint density at radius 3 is 2.15 bits per heavy atom. The number of aliphatic hydroxyl groups is 2. The molecule has 0 amide bonds. The van der Waals surface area contributed by atoms with Gasteiger partial charge in [0.2, 0.25) is 0 Å². The number of hydrogen-bond donors (Lipinski definition) is 2. The van der Waals surface area contributed by atoms with Crippen LogP contribution < -0.4 is 0 Å². The van der Waals surface area contributed by atoms with Crippen molar-refractivity contribution in [2.45, 2.75) is 119 Å². The van der Waals surface area contributed by atoms with Gasteiger partial charge >= 0.3 is 0 Å². The smallest absolute Gasteiger partial charge is 0.172 e. The third kappa shape index (κ3) is 2.73. The van der Waals surface area contributed by atoms with Gasteiger partial charge in [0.15, 0.2) is 5.78 Å². The molecule has 0 aromatic rings. The highest BCUT2D eigenvalue weighted by Crippen LogP contribution is 2.74. The topological polar surface area (TPSA) is 57.5 Å². The zero-order chi connectivity index (χ0) is 24.4. The van der Waals surface area contributed by atoms with Crippen molar-refractivity contribution < 1.29 is 15.0 Å². The average molecular weight is 457 g/mol. The summed E-state index contributed by atoms with van der Waals surface area (Å²) >= 11 is 0. The van der Waals surface area contributed by atoms with Crippen molar-refractivity contribution in [3.63, 3.8) is 0 Å². The van der Waals surface area contributed by atoms with E-state index in [4.69, 9.17) is 0 Å². The van der Waals surface area contributed by atoms with Gasteiger partial charge in [0, 0.05) is 5.41 Å². The molecule has 0 aromatic heterocycles. The van der Waals surface area contributed by atoms with Crippen LogP contribution in [0, 0.1) is 50.2 Å². The second kappa shape index (κ2) is 6.75. The Hall–Kier alpha value is -0.670. The lowest BCUT2D eigenvalue weighted by Gasteiger charge is -2.71. The van der Waals surface area contributed by atoms with E-state index < -0.39 is 11.5 Å². The van der Waals surface area contributed by atoms with Crippen LogP contribution >= 0.6 is 0 Å². The number of ketones is 1. The Bertz CT molecular complexity index is 900. The standard InChI is InChI=1S/C30H48O3/c1-25(2)15-16-27(5)19(17-25)18-9-10-21-28(6)13-12-22(31)26(3,4)20(28)11-14-29(21,7)30(18,8)24(33)23(27)32/h9,19-23,31-32H,10-17H2,1-8H3/t19-,20-,21+,22-,23-,27-,28-,29+,30-/m0/s1. The van der Waals surface area contributed by atoms with E-state index in [1.807, 2.05) is 0 Å². The van der Waals surface area contributed by atoms with Gasteiger partial charge in [-0.2, -0.15) is 0 Å². The molecule has 5 rings (SSSR count). The van der Waals surface area contributed by atoms with Crippen LogP contribution in [0.4, 0.5) is 0 Å². The number of hydrogen-bond acceptors (Lipinski definition) is 3. The molecule has 4 saturated carbocycles. The summed E-state index contributed by atoms with van der Waals surface area (Å²) in [5.41, 5.74) is 0.544. The summed E-state index contributed by atoms with van der Waals surface area (Å²) in [6.07, 6.45) is 9.43. The fourth-order valence-electron chi connectivity index (χ4n) is 10.4.